The van der Waals surface area contributed by atoms with Crippen LogP contribution in [0.3, 0.4) is 0 Å². The fourth-order valence-corrected chi connectivity index (χ4v) is 3.28. The van der Waals surface area contributed by atoms with Crippen molar-refractivity contribution in [3.05, 3.63) is 93.6 Å². The van der Waals surface area contributed by atoms with Gasteiger partial charge in [0.2, 0.25) is 0 Å². The first-order valence-electron chi connectivity index (χ1n) is 8.84. The summed E-state index contributed by atoms with van der Waals surface area (Å²) in [5.41, 5.74) is 1.70. The van der Waals surface area contributed by atoms with Crippen LogP contribution in [0, 0.1) is 0 Å². The van der Waals surface area contributed by atoms with Gasteiger partial charge in [0.05, 0.1) is 28.6 Å². The number of nitrogens with one attached hydrogen (secondary N) is 1. The Morgan fingerprint density at radius 2 is 1.76 bits per heavy atom. The van der Waals surface area contributed by atoms with Crippen molar-refractivity contribution in [2.45, 2.75) is 0 Å². The highest BCUT2D eigenvalue weighted by Gasteiger charge is 2.13. The van der Waals surface area contributed by atoms with E-state index in [0.717, 1.165) is 0 Å². The lowest BCUT2D eigenvalue weighted by Crippen LogP contribution is -2.12. The molecule has 0 fully saturated rings. The van der Waals surface area contributed by atoms with Crippen molar-refractivity contribution in [1.82, 2.24) is 0 Å². The number of fused-ring (bicyclic) bond motifs is 1. The van der Waals surface area contributed by atoms with E-state index in [1.54, 1.807) is 55.6 Å². The quantitative estimate of drug-likeness (QED) is 0.495. The summed E-state index contributed by atoms with van der Waals surface area (Å²) in [7, 11) is 1.56. The molecule has 5 nitrogen and oxygen atoms in total. The molecule has 1 heterocycles. The second-order valence-corrected chi connectivity index (χ2v) is 6.73. The van der Waals surface area contributed by atoms with Gasteiger partial charge >= 0.3 is 0 Å². The summed E-state index contributed by atoms with van der Waals surface area (Å²) in [5.74, 6) is 0.663. The van der Waals surface area contributed by atoms with Gasteiger partial charge in [0, 0.05) is 11.8 Å². The zero-order valence-corrected chi connectivity index (χ0v) is 16.2. The van der Waals surface area contributed by atoms with Crippen LogP contribution in [0.5, 0.6) is 5.75 Å². The Bertz CT molecular complexity index is 1280. The van der Waals surface area contributed by atoms with Crippen molar-refractivity contribution in [3.8, 4) is 17.1 Å². The fraction of sp³-hybridized carbons (Fsp3) is 0.0435. The number of benzene rings is 3. The topological polar surface area (TPSA) is 68.5 Å². The van der Waals surface area contributed by atoms with Crippen molar-refractivity contribution in [1.29, 1.82) is 0 Å². The zero-order chi connectivity index (χ0) is 20.4. The Labute approximate surface area is 171 Å². The smallest absolute Gasteiger partial charge is 0.257 e. The van der Waals surface area contributed by atoms with Gasteiger partial charge in [-0.15, -0.1) is 0 Å². The van der Waals surface area contributed by atoms with Crippen LogP contribution in [0.25, 0.3) is 22.3 Å². The number of ether oxygens (including phenoxy) is 1. The molecular formula is C23H16ClNO4. The van der Waals surface area contributed by atoms with E-state index in [-0.39, 0.29) is 11.3 Å². The molecule has 4 aromatic rings. The van der Waals surface area contributed by atoms with Crippen LogP contribution in [-0.4, -0.2) is 13.0 Å². The highest BCUT2D eigenvalue weighted by molar-refractivity contribution is 6.34. The second kappa shape index (κ2) is 7.81. The van der Waals surface area contributed by atoms with Crippen LogP contribution in [0.4, 0.5) is 5.69 Å². The molecule has 1 N–H and O–H groups in total. The van der Waals surface area contributed by atoms with E-state index in [1.165, 1.54) is 6.07 Å². The summed E-state index contributed by atoms with van der Waals surface area (Å²) in [4.78, 5) is 25.2. The van der Waals surface area contributed by atoms with Gasteiger partial charge in [-0.3, -0.25) is 9.59 Å². The summed E-state index contributed by atoms with van der Waals surface area (Å²) >= 11 is 6.07. The minimum absolute atomic E-state index is 0.221. The molecule has 0 aliphatic rings. The van der Waals surface area contributed by atoms with E-state index in [0.29, 0.717) is 44.3 Å². The molecule has 0 unspecified atom stereocenters. The van der Waals surface area contributed by atoms with Gasteiger partial charge in [-0.2, -0.15) is 0 Å². The number of halogens is 1. The predicted octanol–water partition coefficient (Wildman–Crippen LogP) is 5.37. The molecule has 1 amide bonds. The summed E-state index contributed by atoms with van der Waals surface area (Å²) in [6, 6.07) is 20.4. The second-order valence-electron chi connectivity index (χ2n) is 6.32. The maximum Gasteiger partial charge on any atom is 0.257 e. The van der Waals surface area contributed by atoms with Gasteiger partial charge in [-0.05, 0) is 42.5 Å². The lowest BCUT2D eigenvalue weighted by Gasteiger charge is -2.10. The first-order chi connectivity index (χ1) is 14.1. The number of methoxy groups -OCH3 is 1. The third-order valence-corrected chi connectivity index (χ3v) is 4.81. The molecule has 0 spiro atoms. The van der Waals surface area contributed by atoms with Crippen molar-refractivity contribution in [2.24, 2.45) is 0 Å². The average molecular weight is 406 g/mol. The van der Waals surface area contributed by atoms with E-state index in [9.17, 15) is 9.59 Å². The Kier molecular flexibility index (Phi) is 5.06. The molecule has 1 aromatic heterocycles. The molecule has 0 saturated heterocycles. The van der Waals surface area contributed by atoms with E-state index >= 15 is 0 Å². The predicted molar refractivity (Wildman–Crippen MR) is 114 cm³/mol. The first-order valence-corrected chi connectivity index (χ1v) is 9.22. The van der Waals surface area contributed by atoms with Crippen LogP contribution >= 0.6 is 11.6 Å². The molecule has 3 aromatic carbocycles. The SMILES string of the molecule is COc1ccccc1-c1cc(=O)c2cc(NC(=O)c3ccccc3Cl)ccc2o1. The number of hydrogen-bond acceptors (Lipinski definition) is 4. The molecule has 0 aliphatic heterocycles. The van der Waals surface area contributed by atoms with Gasteiger partial charge in [0.25, 0.3) is 5.91 Å². The van der Waals surface area contributed by atoms with Gasteiger partial charge < -0.3 is 14.5 Å². The summed E-state index contributed by atoms with van der Waals surface area (Å²) in [6.07, 6.45) is 0. The zero-order valence-electron chi connectivity index (χ0n) is 15.4. The number of carbonyl (C=O) groups is 1. The summed E-state index contributed by atoms with van der Waals surface area (Å²) < 4.78 is 11.3. The van der Waals surface area contributed by atoms with E-state index in [2.05, 4.69) is 5.32 Å². The minimum Gasteiger partial charge on any atom is -0.496 e. The van der Waals surface area contributed by atoms with Crippen molar-refractivity contribution in [2.75, 3.05) is 12.4 Å². The van der Waals surface area contributed by atoms with Crippen molar-refractivity contribution in [3.63, 3.8) is 0 Å². The molecule has 0 atom stereocenters. The molecule has 29 heavy (non-hydrogen) atoms. The monoisotopic (exact) mass is 405 g/mol. The van der Waals surface area contributed by atoms with E-state index in [1.807, 2.05) is 18.2 Å². The van der Waals surface area contributed by atoms with Crippen LogP contribution in [0.2, 0.25) is 5.02 Å². The molecule has 0 bridgehead atoms. The number of anilines is 1. The summed E-state index contributed by atoms with van der Waals surface area (Å²) in [6.45, 7) is 0. The maximum absolute atomic E-state index is 12.7. The van der Waals surface area contributed by atoms with Gasteiger partial charge in [-0.25, -0.2) is 0 Å². The first kappa shape index (κ1) is 18.8. The number of amides is 1. The Balaban J connectivity index is 1.71. The van der Waals surface area contributed by atoms with Crippen LogP contribution in [0.15, 0.2) is 82.0 Å². The van der Waals surface area contributed by atoms with Crippen LogP contribution in [0.1, 0.15) is 10.4 Å². The number of para-hydroxylation sites is 1. The average Bonchev–Trinajstić information content (AvgIpc) is 2.74. The molecule has 0 radical (unpaired) electrons. The molecule has 0 aliphatic carbocycles. The highest BCUT2D eigenvalue weighted by Crippen LogP contribution is 2.31. The molecular weight excluding hydrogens is 390 g/mol. The number of carbonyl (C=O) groups excluding carboxylic acids is 1. The minimum atomic E-state index is -0.357. The van der Waals surface area contributed by atoms with E-state index < -0.39 is 0 Å². The fourth-order valence-electron chi connectivity index (χ4n) is 3.06. The molecule has 0 saturated carbocycles. The third-order valence-electron chi connectivity index (χ3n) is 4.48. The normalized spacial score (nSPS) is 10.7. The third kappa shape index (κ3) is 3.73. The van der Waals surface area contributed by atoms with E-state index in [4.69, 9.17) is 20.8 Å². The molecule has 4 rings (SSSR count). The Morgan fingerprint density at radius 3 is 2.55 bits per heavy atom. The highest BCUT2D eigenvalue weighted by atomic mass is 35.5. The van der Waals surface area contributed by atoms with Crippen molar-refractivity contribution >= 4 is 34.2 Å². The van der Waals surface area contributed by atoms with Crippen molar-refractivity contribution < 1.29 is 13.9 Å². The Morgan fingerprint density at radius 1 is 1.00 bits per heavy atom. The number of rotatable bonds is 4. The van der Waals surface area contributed by atoms with Gasteiger partial charge in [-0.1, -0.05) is 35.9 Å². The molecule has 6 heteroatoms. The lowest BCUT2D eigenvalue weighted by atomic mass is 10.1. The van der Waals surface area contributed by atoms with Crippen LogP contribution in [-0.2, 0) is 0 Å². The lowest BCUT2D eigenvalue weighted by molar-refractivity contribution is 0.102. The van der Waals surface area contributed by atoms with Crippen LogP contribution < -0.4 is 15.5 Å². The Hall–Kier alpha value is -3.57. The number of hydrogen-bond donors (Lipinski definition) is 1. The van der Waals surface area contributed by atoms with Gasteiger partial charge in [0.1, 0.15) is 17.1 Å². The summed E-state index contributed by atoms with van der Waals surface area (Å²) in [5, 5.41) is 3.47. The largest absolute Gasteiger partial charge is 0.496 e. The standard InChI is InChI=1S/C23H16ClNO4/c1-28-20-9-5-3-7-16(20)22-13-19(26)17-12-14(10-11-21(17)29-22)25-23(27)15-6-2-4-8-18(15)24/h2-13H,1H3,(H,25,27). The van der Waals surface area contributed by atoms with Gasteiger partial charge in [0.15, 0.2) is 5.43 Å². The molecule has 144 valence electrons. The maximum atomic E-state index is 12.7.